The molecule has 4 heterocycles. The van der Waals surface area contributed by atoms with Gasteiger partial charge in [0, 0.05) is 23.9 Å². The van der Waals surface area contributed by atoms with Crippen LogP contribution in [0.1, 0.15) is 21.1 Å². The maximum Gasteiger partial charge on any atom is 0.267 e. The van der Waals surface area contributed by atoms with E-state index in [0.717, 1.165) is 16.5 Å². The summed E-state index contributed by atoms with van der Waals surface area (Å²) in [5, 5.41) is 6.25. The van der Waals surface area contributed by atoms with Crippen molar-refractivity contribution >= 4 is 29.0 Å². The molecule has 1 aliphatic rings. The van der Waals surface area contributed by atoms with Crippen LogP contribution in [0, 0.1) is 6.92 Å². The fourth-order valence-electron chi connectivity index (χ4n) is 2.52. The third-order valence-electron chi connectivity index (χ3n) is 3.76. The maximum atomic E-state index is 12.3. The molecule has 0 saturated carbocycles. The van der Waals surface area contributed by atoms with Crippen LogP contribution < -0.4 is 10.9 Å². The Morgan fingerprint density at radius 3 is 3.12 bits per heavy atom. The van der Waals surface area contributed by atoms with E-state index in [0.29, 0.717) is 23.2 Å². The Labute approximate surface area is 151 Å². The number of amides is 1. The van der Waals surface area contributed by atoms with Crippen molar-refractivity contribution in [3.05, 3.63) is 50.4 Å². The van der Waals surface area contributed by atoms with Crippen LogP contribution in [0.3, 0.4) is 0 Å². The number of carbonyl (C=O) groups excluding carboxylic acids is 1. The van der Waals surface area contributed by atoms with Crippen molar-refractivity contribution in [2.24, 2.45) is 0 Å². The van der Waals surface area contributed by atoms with Gasteiger partial charge in [-0.15, -0.1) is 11.3 Å². The number of thiazole rings is 1. The fraction of sp³-hybridized carbons (Fsp3) is 0.250. The molecule has 0 spiro atoms. The molecule has 0 unspecified atom stereocenters. The van der Waals surface area contributed by atoms with Crippen LogP contribution in [0.5, 0.6) is 0 Å². The number of rotatable bonds is 4. The molecule has 0 atom stereocenters. The van der Waals surface area contributed by atoms with Crippen molar-refractivity contribution in [2.45, 2.75) is 25.2 Å². The highest BCUT2D eigenvalue weighted by Crippen LogP contribution is 2.24. The summed E-state index contributed by atoms with van der Waals surface area (Å²) in [5.41, 5.74) is 0.525. The second kappa shape index (κ2) is 6.49. The molecule has 0 radical (unpaired) electrons. The summed E-state index contributed by atoms with van der Waals surface area (Å²) in [6, 6.07) is 3.60. The summed E-state index contributed by atoms with van der Waals surface area (Å²) in [6.45, 7) is 2.71. The smallest absolute Gasteiger partial charge is 0.267 e. The highest BCUT2D eigenvalue weighted by atomic mass is 32.2. The summed E-state index contributed by atoms with van der Waals surface area (Å²) >= 11 is 3.06. The van der Waals surface area contributed by atoms with Gasteiger partial charge in [0.25, 0.3) is 11.5 Å². The van der Waals surface area contributed by atoms with Crippen molar-refractivity contribution in [3.63, 3.8) is 0 Å². The summed E-state index contributed by atoms with van der Waals surface area (Å²) in [4.78, 5) is 33.2. The Balaban J connectivity index is 1.46. The van der Waals surface area contributed by atoms with Gasteiger partial charge in [-0.05, 0) is 19.1 Å². The predicted molar refractivity (Wildman–Crippen MR) is 94.9 cm³/mol. The Bertz CT molecular complexity index is 1000. The van der Waals surface area contributed by atoms with Crippen LogP contribution in [-0.4, -0.2) is 26.2 Å². The van der Waals surface area contributed by atoms with Crippen molar-refractivity contribution in [2.75, 3.05) is 5.75 Å². The standard InChI is InChI=1S/C16H14N4O3S2/c1-9-19-12(8-25-9)13-3-2-10(23-13)6-17-14(21)11-7-18-16-20(15(11)22)4-5-24-16/h2-3,7-8H,4-6H2,1H3,(H,17,21). The number of carbonyl (C=O) groups is 1. The highest BCUT2D eigenvalue weighted by molar-refractivity contribution is 7.99. The maximum absolute atomic E-state index is 12.3. The van der Waals surface area contributed by atoms with Crippen LogP contribution in [0.2, 0.25) is 0 Å². The number of furan rings is 1. The van der Waals surface area contributed by atoms with Crippen LogP contribution in [0.15, 0.2) is 38.1 Å². The van der Waals surface area contributed by atoms with Crippen molar-refractivity contribution < 1.29 is 9.21 Å². The van der Waals surface area contributed by atoms with E-state index < -0.39 is 5.91 Å². The number of fused-ring (bicyclic) bond motifs is 1. The number of thioether (sulfide) groups is 1. The average molecular weight is 374 g/mol. The normalized spacial score (nSPS) is 13.0. The molecule has 128 valence electrons. The first-order valence-corrected chi connectivity index (χ1v) is 9.50. The lowest BCUT2D eigenvalue weighted by atomic mass is 10.3. The summed E-state index contributed by atoms with van der Waals surface area (Å²) in [7, 11) is 0. The van der Waals surface area contributed by atoms with Crippen molar-refractivity contribution in [3.8, 4) is 11.5 Å². The van der Waals surface area contributed by atoms with E-state index in [1.165, 1.54) is 22.5 Å². The van der Waals surface area contributed by atoms with Crippen molar-refractivity contribution in [1.29, 1.82) is 0 Å². The topological polar surface area (TPSA) is 90.0 Å². The van der Waals surface area contributed by atoms with Gasteiger partial charge in [0.05, 0.1) is 11.6 Å². The second-order valence-corrected chi connectivity index (χ2v) is 7.58. The van der Waals surface area contributed by atoms with Gasteiger partial charge < -0.3 is 9.73 Å². The summed E-state index contributed by atoms with van der Waals surface area (Å²) < 4.78 is 7.24. The van der Waals surface area contributed by atoms with E-state index >= 15 is 0 Å². The Morgan fingerprint density at radius 1 is 1.44 bits per heavy atom. The van der Waals surface area contributed by atoms with Gasteiger partial charge >= 0.3 is 0 Å². The molecule has 0 fully saturated rings. The Hall–Kier alpha value is -2.39. The van der Waals surface area contributed by atoms with Crippen LogP contribution in [0.25, 0.3) is 11.5 Å². The first-order valence-electron chi connectivity index (χ1n) is 7.64. The van der Waals surface area contributed by atoms with E-state index in [1.807, 2.05) is 18.4 Å². The quantitative estimate of drug-likeness (QED) is 0.705. The molecule has 25 heavy (non-hydrogen) atoms. The molecular formula is C16H14N4O3S2. The number of nitrogens with zero attached hydrogens (tertiary/aromatic N) is 3. The van der Waals surface area contributed by atoms with Gasteiger partial charge in [0.2, 0.25) is 0 Å². The summed E-state index contributed by atoms with van der Waals surface area (Å²) in [5.74, 6) is 1.61. The molecule has 9 heteroatoms. The fourth-order valence-corrected chi connectivity index (χ4v) is 4.04. The molecule has 7 nitrogen and oxygen atoms in total. The van der Waals surface area contributed by atoms with Gasteiger partial charge in [-0.1, -0.05) is 11.8 Å². The zero-order valence-electron chi connectivity index (χ0n) is 13.3. The van der Waals surface area contributed by atoms with Crippen LogP contribution in [-0.2, 0) is 13.1 Å². The van der Waals surface area contributed by atoms with Gasteiger partial charge in [-0.25, -0.2) is 9.97 Å². The van der Waals surface area contributed by atoms with Gasteiger partial charge in [0.15, 0.2) is 10.9 Å². The minimum Gasteiger partial charge on any atom is -0.458 e. The van der Waals surface area contributed by atoms with Crippen LogP contribution >= 0.6 is 23.1 Å². The molecule has 3 aromatic rings. The molecular weight excluding hydrogens is 360 g/mol. The van der Waals surface area contributed by atoms with Gasteiger partial charge in [-0.3, -0.25) is 14.2 Å². The zero-order chi connectivity index (χ0) is 17.4. The number of hydrogen-bond acceptors (Lipinski definition) is 7. The first-order chi connectivity index (χ1) is 12.1. The molecule has 3 aromatic heterocycles. The predicted octanol–water partition coefficient (Wildman–Crippen LogP) is 2.30. The molecule has 1 aliphatic heterocycles. The monoisotopic (exact) mass is 374 g/mol. The lowest BCUT2D eigenvalue weighted by Crippen LogP contribution is -2.33. The molecule has 1 N–H and O–H groups in total. The highest BCUT2D eigenvalue weighted by Gasteiger charge is 2.20. The zero-order valence-corrected chi connectivity index (χ0v) is 14.9. The van der Waals surface area contributed by atoms with E-state index in [4.69, 9.17) is 4.42 Å². The minimum absolute atomic E-state index is 0.0492. The van der Waals surface area contributed by atoms with E-state index in [2.05, 4.69) is 15.3 Å². The lowest BCUT2D eigenvalue weighted by Gasteiger charge is -2.05. The summed E-state index contributed by atoms with van der Waals surface area (Å²) in [6.07, 6.45) is 1.34. The molecule has 0 saturated heterocycles. The third kappa shape index (κ3) is 3.12. The molecule has 1 amide bonds. The van der Waals surface area contributed by atoms with Crippen molar-refractivity contribution in [1.82, 2.24) is 19.9 Å². The lowest BCUT2D eigenvalue weighted by molar-refractivity contribution is 0.0945. The Morgan fingerprint density at radius 2 is 2.32 bits per heavy atom. The van der Waals surface area contributed by atoms with Crippen LogP contribution in [0.4, 0.5) is 0 Å². The molecule has 4 rings (SSSR count). The second-order valence-electron chi connectivity index (χ2n) is 5.46. The molecule has 0 aromatic carbocycles. The SMILES string of the molecule is Cc1nc(-c2ccc(CNC(=O)c3cnc4n(c3=O)CCS4)o2)cs1. The number of aromatic nitrogens is 3. The molecule has 0 aliphatic carbocycles. The minimum atomic E-state index is -0.452. The average Bonchev–Trinajstić information content (AvgIpc) is 3.33. The number of nitrogens with one attached hydrogen (secondary N) is 1. The Kier molecular flexibility index (Phi) is 4.18. The largest absolute Gasteiger partial charge is 0.458 e. The van der Waals surface area contributed by atoms with E-state index in [1.54, 1.807) is 17.4 Å². The molecule has 0 bridgehead atoms. The van der Waals surface area contributed by atoms with E-state index in [-0.39, 0.29) is 17.7 Å². The van der Waals surface area contributed by atoms with E-state index in [9.17, 15) is 9.59 Å². The van der Waals surface area contributed by atoms with Gasteiger partial charge in [0.1, 0.15) is 17.0 Å². The first kappa shape index (κ1) is 16.1. The third-order valence-corrected chi connectivity index (χ3v) is 5.50. The number of hydrogen-bond donors (Lipinski definition) is 1. The number of aryl methyl sites for hydroxylation is 1. The van der Waals surface area contributed by atoms with Gasteiger partial charge in [-0.2, -0.15) is 0 Å².